The second-order valence-electron chi connectivity index (χ2n) is 6.25. The molecule has 0 spiro atoms. The Balaban J connectivity index is 1.76. The SMILES string of the molecule is Cc1nc(CC(=O)NCCN2CCN(S(C)(=O)=O)CC2)c(C)c(=O)[nH]1. The smallest absolute Gasteiger partial charge is 0.254 e. The summed E-state index contributed by atoms with van der Waals surface area (Å²) in [6, 6.07) is 0. The summed E-state index contributed by atoms with van der Waals surface area (Å²) in [5.41, 5.74) is 0.720. The summed E-state index contributed by atoms with van der Waals surface area (Å²) in [6.07, 6.45) is 1.29. The van der Waals surface area contributed by atoms with Crippen LogP contribution in [0, 0.1) is 13.8 Å². The van der Waals surface area contributed by atoms with Crippen molar-refractivity contribution in [3.8, 4) is 0 Å². The summed E-state index contributed by atoms with van der Waals surface area (Å²) >= 11 is 0. The van der Waals surface area contributed by atoms with Gasteiger partial charge in [0.1, 0.15) is 5.82 Å². The third kappa shape index (κ3) is 5.62. The molecule has 1 aromatic heterocycles. The first-order valence-electron chi connectivity index (χ1n) is 8.17. The number of amides is 1. The Morgan fingerprint density at radius 3 is 2.48 bits per heavy atom. The number of hydrogen-bond acceptors (Lipinski definition) is 6. The van der Waals surface area contributed by atoms with Gasteiger partial charge in [-0.2, -0.15) is 4.31 Å². The van der Waals surface area contributed by atoms with E-state index in [9.17, 15) is 18.0 Å². The third-order valence-corrected chi connectivity index (χ3v) is 5.55. The molecular formula is C15H25N5O4S. The number of aromatic amines is 1. The monoisotopic (exact) mass is 371 g/mol. The molecule has 0 unspecified atom stereocenters. The summed E-state index contributed by atoms with van der Waals surface area (Å²) in [7, 11) is -3.13. The maximum absolute atomic E-state index is 12.0. The van der Waals surface area contributed by atoms with Gasteiger partial charge in [-0.15, -0.1) is 0 Å². The molecule has 1 aromatic rings. The lowest BCUT2D eigenvalue weighted by Gasteiger charge is -2.33. The van der Waals surface area contributed by atoms with Gasteiger partial charge in [0.2, 0.25) is 15.9 Å². The molecule has 9 nitrogen and oxygen atoms in total. The fraction of sp³-hybridized carbons (Fsp3) is 0.667. The molecule has 0 atom stereocenters. The van der Waals surface area contributed by atoms with Crippen LogP contribution in [0.3, 0.4) is 0 Å². The first kappa shape index (κ1) is 19.5. The standard InChI is InChI=1S/C15H25N5O4S/c1-11-13(17-12(2)18-15(11)22)10-14(21)16-4-5-19-6-8-20(9-7-19)25(3,23)24/h4-10H2,1-3H3,(H,16,21)(H,17,18,22). The van der Waals surface area contributed by atoms with E-state index < -0.39 is 10.0 Å². The van der Waals surface area contributed by atoms with Gasteiger partial charge in [-0.05, 0) is 13.8 Å². The quantitative estimate of drug-likeness (QED) is 0.637. The van der Waals surface area contributed by atoms with Crippen molar-refractivity contribution in [1.82, 2.24) is 24.5 Å². The number of aromatic nitrogens is 2. The maximum atomic E-state index is 12.0. The van der Waals surface area contributed by atoms with E-state index in [0.29, 0.717) is 56.4 Å². The van der Waals surface area contributed by atoms with Crippen LogP contribution >= 0.6 is 0 Å². The van der Waals surface area contributed by atoms with Crippen molar-refractivity contribution in [2.24, 2.45) is 0 Å². The highest BCUT2D eigenvalue weighted by atomic mass is 32.2. The number of carbonyl (C=O) groups excluding carboxylic acids is 1. The fourth-order valence-corrected chi connectivity index (χ4v) is 3.55. The Kier molecular flexibility index (Phi) is 6.31. The van der Waals surface area contributed by atoms with Gasteiger partial charge >= 0.3 is 0 Å². The molecule has 1 amide bonds. The number of sulfonamides is 1. The van der Waals surface area contributed by atoms with Gasteiger partial charge in [-0.1, -0.05) is 0 Å². The second kappa shape index (κ2) is 8.07. The molecule has 2 N–H and O–H groups in total. The molecule has 0 aromatic carbocycles. The zero-order valence-electron chi connectivity index (χ0n) is 14.8. The Hall–Kier alpha value is -1.78. The van der Waals surface area contributed by atoms with Gasteiger partial charge in [-0.25, -0.2) is 13.4 Å². The molecule has 0 radical (unpaired) electrons. The maximum Gasteiger partial charge on any atom is 0.254 e. The number of carbonyl (C=O) groups is 1. The number of rotatable bonds is 6. The van der Waals surface area contributed by atoms with E-state index in [4.69, 9.17) is 0 Å². The predicted octanol–water partition coefficient (Wildman–Crippen LogP) is -1.38. The van der Waals surface area contributed by atoms with E-state index in [2.05, 4.69) is 20.2 Å². The van der Waals surface area contributed by atoms with Gasteiger partial charge in [0.05, 0.1) is 18.4 Å². The zero-order valence-corrected chi connectivity index (χ0v) is 15.6. The van der Waals surface area contributed by atoms with Crippen LogP contribution in [0.2, 0.25) is 0 Å². The van der Waals surface area contributed by atoms with E-state index in [1.807, 2.05) is 0 Å². The molecule has 25 heavy (non-hydrogen) atoms. The average molecular weight is 371 g/mol. The van der Waals surface area contributed by atoms with Gasteiger partial charge in [0.25, 0.3) is 5.56 Å². The van der Waals surface area contributed by atoms with Crippen LogP contribution in [0.25, 0.3) is 0 Å². The van der Waals surface area contributed by atoms with Crippen LogP contribution < -0.4 is 10.9 Å². The normalized spacial score (nSPS) is 16.8. The molecule has 2 rings (SSSR count). The molecule has 0 aliphatic carbocycles. The highest BCUT2D eigenvalue weighted by Gasteiger charge is 2.23. The molecule has 10 heteroatoms. The van der Waals surface area contributed by atoms with Gasteiger partial charge in [0, 0.05) is 44.8 Å². The van der Waals surface area contributed by atoms with E-state index in [1.165, 1.54) is 10.6 Å². The predicted molar refractivity (Wildman–Crippen MR) is 93.9 cm³/mol. The molecule has 1 aliphatic heterocycles. The number of aryl methyl sites for hydroxylation is 1. The average Bonchev–Trinajstić information content (AvgIpc) is 2.52. The van der Waals surface area contributed by atoms with Crippen molar-refractivity contribution in [2.45, 2.75) is 20.3 Å². The van der Waals surface area contributed by atoms with Crippen LogP contribution in [0.15, 0.2) is 4.79 Å². The number of H-pyrrole nitrogens is 1. The summed E-state index contributed by atoms with van der Waals surface area (Å²) in [5, 5.41) is 2.82. The van der Waals surface area contributed by atoms with Crippen molar-refractivity contribution >= 4 is 15.9 Å². The number of nitrogens with zero attached hydrogens (tertiary/aromatic N) is 3. The van der Waals surface area contributed by atoms with Crippen LogP contribution in [0.5, 0.6) is 0 Å². The van der Waals surface area contributed by atoms with Gasteiger partial charge in [0.15, 0.2) is 0 Å². The Morgan fingerprint density at radius 2 is 1.88 bits per heavy atom. The Labute approximate surface area is 147 Å². The molecule has 0 saturated carbocycles. The third-order valence-electron chi connectivity index (χ3n) is 4.25. The largest absolute Gasteiger partial charge is 0.354 e. The van der Waals surface area contributed by atoms with Crippen LogP contribution in [-0.4, -0.2) is 79.0 Å². The minimum absolute atomic E-state index is 0.0679. The topological polar surface area (TPSA) is 115 Å². The van der Waals surface area contributed by atoms with Crippen molar-refractivity contribution in [3.63, 3.8) is 0 Å². The fourth-order valence-electron chi connectivity index (χ4n) is 2.73. The molecule has 0 bridgehead atoms. The number of piperazine rings is 1. The summed E-state index contributed by atoms with van der Waals surface area (Å²) in [6.45, 7) is 6.70. The van der Waals surface area contributed by atoms with Gasteiger partial charge in [-0.3, -0.25) is 14.5 Å². The van der Waals surface area contributed by atoms with Crippen molar-refractivity contribution in [2.75, 3.05) is 45.5 Å². The highest BCUT2D eigenvalue weighted by Crippen LogP contribution is 2.05. The van der Waals surface area contributed by atoms with Crippen LogP contribution in [0.4, 0.5) is 0 Å². The van der Waals surface area contributed by atoms with Crippen LogP contribution in [-0.2, 0) is 21.2 Å². The Morgan fingerprint density at radius 1 is 1.24 bits per heavy atom. The summed E-state index contributed by atoms with van der Waals surface area (Å²) in [5.74, 6) is 0.303. The molecule has 1 saturated heterocycles. The summed E-state index contributed by atoms with van der Waals surface area (Å²) in [4.78, 5) is 32.7. The van der Waals surface area contributed by atoms with Gasteiger partial charge < -0.3 is 10.3 Å². The van der Waals surface area contributed by atoms with Crippen molar-refractivity contribution in [3.05, 3.63) is 27.4 Å². The van der Waals surface area contributed by atoms with E-state index >= 15 is 0 Å². The minimum atomic E-state index is -3.13. The second-order valence-corrected chi connectivity index (χ2v) is 8.24. The van der Waals surface area contributed by atoms with E-state index in [-0.39, 0.29) is 17.9 Å². The molecular weight excluding hydrogens is 346 g/mol. The summed E-state index contributed by atoms with van der Waals surface area (Å²) < 4.78 is 24.4. The number of nitrogens with one attached hydrogen (secondary N) is 2. The van der Waals surface area contributed by atoms with E-state index in [0.717, 1.165) is 0 Å². The lowest BCUT2D eigenvalue weighted by molar-refractivity contribution is -0.120. The van der Waals surface area contributed by atoms with Crippen molar-refractivity contribution < 1.29 is 13.2 Å². The lowest BCUT2D eigenvalue weighted by Crippen LogP contribution is -2.50. The molecule has 1 fully saturated rings. The van der Waals surface area contributed by atoms with Crippen molar-refractivity contribution in [1.29, 1.82) is 0 Å². The van der Waals surface area contributed by atoms with E-state index in [1.54, 1.807) is 13.8 Å². The first-order valence-corrected chi connectivity index (χ1v) is 10.0. The first-order chi connectivity index (χ1) is 11.7. The van der Waals surface area contributed by atoms with Crippen LogP contribution in [0.1, 0.15) is 17.1 Å². The number of hydrogen-bond donors (Lipinski definition) is 2. The molecule has 2 heterocycles. The molecule has 140 valence electrons. The zero-order chi connectivity index (χ0) is 18.6. The Bertz CT molecular complexity index is 782. The molecule has 1 aliphatic rings. The minimum Gasteiger partial charge on any atom is -0.354 e. The lowest BCUT2D eigenvalue weighted by atomic mass is 10.2. The highest BCUT2D eigenvalue weighted by molar-refractivity contribution is 7.88.